The zero-order valence-electron chi connectivity index (χ0n) is 17.8. The van der Waals surface area contributed by atoms with E-state index in [4.69, 9.17) is 0 Å². The molecule has 11 heteroatoms. The first kappa shape index (κ1) is 27.1. The minimum Gasteiger partial charge on any atom is -0.393 e. The zero-order chi connectivity index (χ0) is 25.3. The summed E-state index contributed by atoms with van der Waals surface area (Å²) in [6.07, 6.45) is 0. The highest BCUT2D eigenvalue weighted by atomic mass is 16.4. The Bertz CT molecular complexity index is 985. The average molecular weight is 452 g/mol. The third kappa shape index (κ3) is 3.44. The Kier molecular flexibility index (Phi) is 7.52. The summed E-state index contributed by atoms with van der Waals surface area (Å²) in [7, 11) is 0. The fraction of sp³-hybridized carbons (Fsp3) is 0.429. The molecule has 32 heavy (non-hydrogen) atoms. The molecule has 0 saturated heterocycles. The van der Waals surface area contributed by atoms with Gasteiger partial charge in [-0.2, -0.15) is 0 Å². The largest absolute Gasteiger partial charge is 0.393 e. The SMILES string of the molecule is CC(=O)C(=O)[C@@](O)(C(C)=O)[C@](O)(C(C)=O)[C@@](O)(C(C)=O)[C@](O)(CO)C(=O)c1ccccc1. The molecular weight excluding hydrogens is 428 g/mol. The number of ketones is 6. The number of carbonyl (C=O) groups excluding carboxylic acids is 6. The van der Waals surface area contributed by atoms with Crippen LogP contribution in [0.15, 0.2) is 30.3 Å². The molecule has 0 aliphatic heterocycles. The van der Waals surface area contributed by atoms with E-state index in [2.05, 4.69) is 0 Å². The van der Waals surface area contributed by atoms with Crippen molar-refractivity contribution in [2.45, 2.75) is 50.1 Å². The number of benzene rings is 1. The Morgan fingerprint density at radius 2 is 1.16 bits per heavy atom. The number of hydrogen-bond donors (Lipinski definition) is 5. The number of carbonyl (C=O) groups is 6. The predicted molar refractivity (Wildman–Crippen MR) is 105 cm³/mol. The van der Waals surface area contributed by atoms with Crippen LogP contribution >= 0.6 is 0 Å². The number of Topliss-reactive ketones (excluding diaryl/α,β-unsaturated/α-hetero) is 6. The molecule has 0 aliphatic carbocycles. The van der Waals surface area contributed by atoms with E-state index in [1.165, 1.54) is 18.2 Å². The summed E-state index contributed by atoms with van der Waals surface area (Å²) in [6, 6.07) is 6.25. The van der Waals surface area contributed by atoms with Gasteiger partial charge in [0, 0.05) is 12.5 Å². The maximum Gasteiger partial charge on any atom is 0.240 e. The fourth-order valence-corrected chi connectivity index (χ4v) is 3.63. The molecule has 1 aromatic carbocycles. The quantitative estimate of drug-likeness (QED) is 0.137. The van der Waals surface area contributed by atoms with Gasteiger partial charge >= 0.3 is 0 Å². The van der Waals surface area contributed by atoms with Crippen LogP contribution in [0.25, 0.3) is 0 Å². The van der Waals surface area contributed by atoms with Crippen molar-refractivity contribution in [1.29, 1.82) is 0 Å². The lowest BCUT2D eigenvalue weighted by molar-refractivity contribution is -0.259. The summed E-state index contributed by atoms with van der Waals surface area (Å²) >= 11 is 0. The van der Waals surface area contributed by atoms with E-state index in [0.717, 1.165) is 12.1 Å². The number of hydrogen-bond acceptors (Lipinski definition) is 11. The van der Waals surface area contributed by atoms with Gasteiger partial charge < -0.3 is 25.5 Å². The lowest BCUT2D eigenvalue weighted by Crippen LogP contribution is -2.86. The van der Waals surface area contributed by atoms with Gasteiger partial charge in [-0.05, 0) is 20.8 Å². The maximum absolute atomic E-state index is 13.1. The topological polar surface area (TPSA) is 204 Å². The molecule has 174 valence electrons. The molecule has 1 aromatic rings. The second kappa shape index (κ2) is 8.88. The van der Waals surface area contributed by atoms with Crippen molar-refractivity contribution in [2.24, 2.45) is 0 Å². The third-order valence-electron chi connectivity index (χ3n) is 5.46. The van der Waals surface area contributed by atoms with Gasteiger partial charge in [-0.15, -0.1) is 0 Å². The smallest absolute Gasteiger partial charge is 0.240 e. The Morgan fingerprint density at radius 3 is 1.47 bits per heavy atom. The maximum atomic E-state index is 13.1. The van der Waals surface area contributed by atoms with E-state index in [9.17, 15) is 54.3 Å². The molecule has 0 heterocycles. The molecule has 0 fully saturated rings. The van der Waals surface area contributed by atoms with E-state index in [1.807, 2.05) is 0 Å². The van der Waals surface area contributed by atoms with Crippen LogP contribution in [-0.2, 0) is 24.0 Å². The Hall–Kier alpha value is -2.96. The van der Waals surface area contributed by atoms with Crippen LogP contribution < -0.4 is 0 Å². The van der Waals surface area contributed by atoms with Crippen molar-refractivity contribution in [1.82, 2.24) is 0 Å². The van der Waals surface area contributed by atoms with Crippen molar-refractivity contribution >= 4 is 34.7 Å². The summed E-state index contributed by atoms with van der Waals surface area (Å²) < 4.78 is 0. The predicted octanol–water partition coefficient (Wildman–Crippen LogP) is -2.29. The summed E-state index contributed by atoms with van der Waals surface area (Å²) in [6.45, 7) is 0.115. The molecule has 0 spiro atoms. The summed E-state index contributed by atoms with van der Waals surface area (Å²) in [5, 5.41) is 54.4. The molecule has 0 unspecified atom stereocenters. The van der Waals surface area contributed by atoms with Gasteiger partial charge in [-0.1, -0.05) is 30.3 Å². The van der Waals surface area contributed by atoms with Crippen LogP contribution in [0.2, 0.25) is 0 Å². The van der Waals surface area contributed by atoms with Crippen molar-refractivity contribution in [2.75, 3.05) is 6.61 Å². The number of rotatable bonds is 11. The summed E-state index contributed by atoms with van der Waals surface area (Å²) in [5.41, 5.74) is -16.7. The molecule has 0 bridgehead atoms. The minimum atomic E-state index is -4.28. The van der Waals surface area contributed by atoms with Crippen LogP contribution in [0, 0.1) is 0 Å². The number of aliphatic hydroxyl groups is 5. The van der Waals surface area contributed by atoms with Gasteiger partial charge in [0.15, 0.2) is 34.5 Å². The minimum absolute atomic E-state index is 0.418. The first-order chi connectivity index (χ1) is 14.5. The molecule has 11 nitrogen and oxygen atoms in total. The highest BCUT2D eigenvalue weighted by Crippen LogP contribution is 2.44. The molecular formula is C21H24O11. The van der Waals surface area contributed by atoms with Crippen molar-refractivity contribution in [3.63, 3.8) is 0 Å². The van der Waals surface area contributed by atoms with Crippen LogP contribution in [0.4, 0.5) is 0 Å². The van der Waals surface area contributed by atoms with Gasteiger partial charge in [-0.3, -0.25) is 28.8 Å². The van der Waals surface area contributed by atoms with Gasteiger partial charge in [0.05, 0.1) is 6.61 Å². The van der Waals surface area contributed by atoms with E-state index >= 15 is 0 Å². The molecule has 1 rings (SSSR count). The van der Waals surface area contributed by atoms with E-state index in [1.54, 1.807) is 0 Å². The highest BCUT2D eigenvalue weighted by Gasteiger charge is 2.79. The third-order valence-corrected chi connectivity index (χ3v) is 5.46. The van der Waals surface area contributed by atoms with Gasteiger partial charge in [0.1, 0.15) is 0 Å². The normalized spacial score (nSPS) is 18.8. The zero-order valence-corrected chi connectivity index (χ0v) is 17.8. The lowest BCUT2D eigenvalue weighted by Gasteiger charge is -2.52. The lowest BCUT2D eigenvalue weighted by atomic mass is 9.56. The standard InChI is InChI=1S/C21H24O11/c1-11(23)16(27)19(30,12(2)24)21(32,14(4)26)20(31,13(3)25)18(29,10-22)17(28)15-8-6-5-7-9-15/h5-9,22,29-32H,10H2,1-4H3/t18-,19-,20+,21+/m0/s1. The van der Waals surface area contributed by atoms with Crippen molar-refractivity contribution in [3.05, 3.63) is 35.9 Å². The van der Waals surface area contributed by atoms with Crippen LogP contribution in [-0.4, -0.2) is 89.2 Å². The van der Waals surface area contributed by atoms with Gasteiger partial charge in [0.2, 0.25) is 22.6 Å². The van der Waals surface area contributed by atoms with E-state index in [0.29, 0.717) is 27.7 Å². The van der Waals surface area contributed by atoms with Crippen LogP contribution in [0.1, 0.15) is 38.1 Å². The van der Waals surface area contributed by atoms with Crippen LogP contribution in [0.5, 0.6) is 0 Å². The summed E-state index contributed by atoms with van der Waals surface area (Å²) in [4.78, 5) is 74.7. The summed E-state index contributed by atoms with van der Waals surface area (Å²) in [5.74, 6) is -10.6. The second-order valence-electron chi connectivity index (χ2n) is 7.40. The van der Waals surface area contributed by atoms with E-state index in [-0.39, 0.29) is 0 Å². The first-order valence-corrected chi connectivity index (χ1v) is 9.20. The molecule has 0 aliphatic rings. The van der Waals surface area contributed by atoms with E-state index < -0.39 is 69.3 Å². The first-order valence-electron chi connectivity index (χ1n) is 9.20. The second-order valence-corrected chi connectivity index (χ2v) is 7.40. The van der Waals surface area contributed by atoms with Crippen molar-refractivity contribution in [3.8, 4) is 0 Å². The van der Waals surface area contributed by atoms with Crippen LogP contribution in [0.3, 0.4) is 0 Å². The molecule has 5 N–H and O–H groups in total. The van der Waals surface area contributed by atoms with Gasteiger partial charge in [0.25, 0.3) is 0 Å². The average Bonchev–Trinajstić information content (AvgIpc) is 2.75. The molecule has 0 radical (unpaired) electrons. The number of aliphatic hydroxyl groups excluding tert-OH is 1. The molecule has 0 amide bonds. The Balaban J connectivity index is 4.19. The fourth-order valence-electron chi connectivity index (χ4n) is 3.63. The van der Waals surface area contributed by atoms with Gasteiger partial charge in [-0.25, -0.2) is 0 Å². The monoisotopic (exact) mass is 452 g/mol. The molecule has 4 atom stereocenters. The Morgan fingerprint density at radius 1 is 0.719 bits per heavy atom. The van der Waals surface area contributed by atoms with Crippen molar-refractivity contribution < 1.29 is 54.3 Å². The highest BCUT2D eigenvalue weighted by molar-refractivity contribution is 6.45. The molecule has 0 aromatic heterocycles. The Labute approximate surface area is 182 Å². The molecule has 0 saturated carbocycles.